The Labute approximate surface area is 186 Å². The maximum Gasteiger partial charge on any atom is 0.127 e. The molecule has 0 heterocycles. The Hall–Kier alpha value is -2.22. The lowest BCUT2D eigenvalue weighted by atomic mass is 9.64. The van der Waals surface area contributed by atoms with Crippen LogP contribution in [0.3, 0.4) is 0 Å². The third kappa shape index (κ3) is 5.00. The van der Waals surface area contributed by atoms with Crippen molar-refractivity contribution >= 4 is 0 Å². The molecule has 0 radical (unpaired) electrons. The summed E-state index contributed by atoms with van der Waals surface area (Å²) in [5.41, 5.74) is 3.04. The standard InChI is InChI=1S/C29H34F2/c1-3-5-6-7-21-10-11-24(18-28(21)30)25-14-15-27(29(31)19-25)26-13-12-22-16-20(4-2)8-9-23(22)17-26/h3-5,10-11,14-15,18-20,22-23,26H,2,6-9,12-13,16-17H2,1H3/b5-3+. The Morgan fingerprint density at radius 1 is 0.903 bits per heavy atom. The first-order chi connectivity index (χ1) is 15.1. The van der Waals surface area contributed by atoms with Gasteiger partial charge in [-0.25, -0.2) is 8.78 Å². The molecule has 31 heavy (non-hydrogen) atoms. The van der Waals surface area contributed by atoms with Gasteiger partial charge in [-0.05, 0) is 116 Å². The van der Waals surface area contributed by atoms with Crippen LogP contribution in [0.25, 0.3) is 11.1 Å². The second-order valence-corrected chi connectivity index (χ2v) is 9.49. The minimum Gasteiger partial charge on any atom is -0.207 e. The Bertz CT molecular complexity index is 942. The van der Waals surface area contributed by atoms with E-state index in [1.54, 1.807) is 12.1 Å². The summed E-state index contributed by atoms with van der Waals surface area (Å²) in [4.78, 5) is 0. The van der Waals surface area contributed by atoms with Crippen LogP contribution in [0.15, 0.2) is 61.2 Å². The van der Waals surface area contributed by atoms with Crippen LogP contribution in [0, 0.1) is 29.4 Å². The first-order valence-electron chi connectivity index (χ1n) is 11.9. The highest BCUT2D eigenvalue weighted by atomic mass is 19.1. The van der Waals surface area contributed by atoms with Gasteiger partial charge in [0.15, 0.2) is 0 Å². The average Bonchev–Trinajstić information content (AvgIpc) is 2.79. The summed E-state index contributed by atoms with van der Waals surface area (Å²) in [6.45, 7) is 5.95. The largest absolute Gasteiger partial charge is 0.207 e. The van der Waals surface area contributed by atoms with Crippen LogP contribution in [0.1, 0.15) is 68.9 Å². The van der Waals surface area contributed by atoms with Crippen molar-refractivity contribution in [2.75, 3.05) is 0 Å². The van der Waals surface area contributed by atoms with Crippen LogP contribution in [0.4, 0.5) is 8.78 Å². The average molecular weight is 421 g/mol. The maximum atomic E-state index is 15.1. The second-order valence-electron chi connectivity index (χ2n) is 9.49. The van der Waals surface area contributed by atoms with Gasteiger partial charge in [0.05, 0.1) is 0 Å². The molecule has 2 aromatic rings. The summed E-state index contributed by atoms with van der Waals surface area (Å²) in [6, 6.07) is 10.8. The van der Waals surface area contributed by atoms with Crippen LogP contribution in [0.2, 0.25) is 0 Å². The molecule has 0 bridgehead atoms. The fourth-order valence-electron chi connectivity index (χ4n) is 5.79. The first kappa shape index (κ1) is 22.0. The van der Waals surface area contributed by atoms with E-state index in [1.165, 1.54) is 25.7 Å². The zero-order chi connectivity index (χ0) is 21.8. The second kappa shape index (κ2) is 9.94. The van der Waals surface area contributed by atoms with E-state index in [2.05, 4.69) is 12.7 Å². The van der Waals surface area contributed by atoms with Gasteiger partial charge in [-0.15, -0.1) is 6.58 Å². The smallest absolute Gasteiger partial charge is 0.127 e. The monoisotopic (exact) mass is 420 g/mol. The molecule has 0 saturated heterocycles. The number of halogens is 2. The zero-order valence-electron chi connectivity index (χ0n) is 18.6. The number of rotatable bonds is 6. The highest BCUT2D eigenvalue weighted by molar-refractivity contribution is 5.64. The van der Waals surface area contributed by atoms with Crippen molar-refractivity contribution in [3.8, 4) is 11.1 Å². The third-order valence-corrected chi connectivity index (χ3v) is 7.63. The molecule has 0 aliphatic heterocycles. The van der Waals surface area contributed by atoms with Gasteiger partial charge in [-0.1, -0.05) is 42.5 Å². The summed E-state index contributed by atoms with van der Waals surface area (Å²) in [7, 11) is 0. The molecule has 2 fully saturated rings. The molecule has 0 amide bonds. The predicted molar refractivity (Wildman–Crippen MR) is 126 cm³/mol. The van der Waals surface area contributed by atoms with E-state index in [0.29, 0.717) is 23.8 Å². The van der Waals surface area contributed by atoms with E-state index >= 15 is 4.39 Å². The molecule has 164 valence electrons. The number of aryl methyl sites for hydroxylation is 1. The number of benzene rings is 2. The Kier molecular flexibility index (Phi) is 7.05. The maximum absolute atomic E-state index is 15.1. The van der Waals surface area contributed by atoms with Gasteiger partial charge in [-0.3, -0.25) is 0 Å². The van der Waals surface area contributed by atoms with Crippen molar-refractivity contribution in [1.82, 2.24) is 0 Å². The van der Waals surface area contributed by atoms with Gasteiger partial charge < -0.3 is 0 Å². The number of hydrogen-bond acceptors (Lipinski definition) is 0. The summed E-state index contributed by atoms with van der Waals surface area (Å²) < 4.78 is 29.7. The van der Waals surface area contributed by atoms with Gasteiger partial charge in [0.2, 0.25) is 0 Å². The normalized spacial score (nSPS) is 26.0. The molecule has 2 aliphatic rings. The molecule has 2 heteroatoms. The van der Waals surface area contributed by atoms with Gasteiger partial charge in [0.25, 0.3) is 0 Å². The van der Waals surface area contributed by atoms with E-state index < -0.39 is 0 Å². The quantitative estimate of drug-likeness (QED) is 0.410. The van der Waals surface area contributed by atoms with E-state index in [9.17, 15) is 4.39 Å². The summed E-state index contributed by atoms with van der Waals surface area (Å²) in [6.07, 6.45) is 14.8. The van der Waals surface area contributed by atoms with Crippen molar-refractivity contribution in [2.24, 2.45) is 17.8 Å². The molecule has 0 nitrogen and oxygen atoms in total. The highest BCUT2D eigenvalue weighted by Gasteiger charge is 2.35. The van der Waals surface area contributed by atoms with Crippen molar-refractivity contribution in [2.45, 2.75) is 64.2 Å². The van der Waals surface area contributed by atoms with Crippen molar-refractivity contribution in [3.05, 3.63) is 84.0 Å². The molecular weight excluding hydrogens is 386 g/mol. The molecule has 2 aliphatic carbocycles. The van der Waals surface area contributed by atoms with E-state index in [-0.39, 0.29) is 11.6 Å². The SMILES string of the molecule is C=CC1CCC2CC(c3ccc(-c4ccc(CC/C=C/C)c(F)c4)cc3F)CCC2C1. The van der Waals surface area contributed by atoms with Gasteiger partial charge >= 0.3 is 0 Å². The Morgan fingerprint density at radius 3 is 2.32 bits per heavy atom. The van der Waals surface area contributed by atoms with Crippen molar-refractivity contribution < 1.29 is 8.78 Å². The van der Waals surface area contributed by atoms with Crippen molar-refractivity contribution in [3.63, 3.8) is 0 Å². The fraction of sp³-hybridized carbons (Fsp3) is 0.448. The predicted octanol–water partition coefficient (Wildman–Crippen LogP) is 8.63. The molecular formula is C29H34F2. The topological polar surface area (TPSA) is 0 Å². The summed E-state index contributed by atoms with van der Waals surface area (Å²) in [5.74, 6) is 2.13. The van der Waals surface area contributed by atoms with Crippen LogP contribution >= 0.6 is 0 Å². The van der Waals surface area contributed by atoms with Crippen LogP contribution < -0.4 is 0 Å². The molecule has 4 rings (SSSR count). The molecule has 2 aromatic carbocycles. The molecule has 0 spiro atoms. The fourth-order valence-corrected chi connectivity index (χ4v) is 5.79. The van der Waals surface area contributed by atoms with Gasteiger partial charge in [0.1, 0.15) is 11.6 Å². The highest BCUT2D eigenvalue weighted by Crippen LogP contribution is 2.48. The lowest BCUT2D eigenvalue weighted by Crippen LogP contribution is -2.30. The first-order valence-corrected chi connectivity index (χ1v) is 11.9. The van der Waals surface area contributed by atoms with E-state index in [4.69, 9.17) is 0 Å². The number of hydrogen-bond donors (Lipinski definition) is 0. The van der Waals surface area contributed by atoms with Crippen LogP contribution in [0.5, 0.6) is 0 Å². The lowest BCUT2D eigenvalue weighted by molar-refractivity contribution is 0.132. The molecule has 2 saturated carbocycles. The molecule has 0 N–H and O–H groups in total. The number of allylic oxidation sites excluding steroid dienone is 3. The Morgan fingerprint density at radius 2 is 1.61 bits per heavy atom. The molecule has 4 unspecified atom stereocenters. The van der Waals surface area contributed by atoms with Crippen LogP contribution in [-0.4, -0.2) is 0 Å². The molecule has 0 aromatic heterocycles. The van der Waals surface area contributed by atoms with E-state index in [0.717, 1.165) is 47.8 Å². The summed E-state index contributed by atoms with van der Waals surface area (Å²) >= 11 is 0. The van der Waals surface area contributed by atoms with Crippen LogP contribution in [-0.2, 0) is 6.42 Å². The summed E-state index contributed by atoms with van der Waals surface area (Å²) in [5, 5.41) is 0. The lowest BCUT2D eigenvalue weighted by Gasteiger charge is -2.41. The number of fused-ring (bicyclic) bond motifs is 1. The Balaban J connectivity index is 1.46. The van der Waals surface area contributed by atoms with Gasteiger partial charge in [-0.2, -0.15) is 0 Å². The molecule has 4 atom stereocenters. The minimum atomic E-state index is -0.208. The van der Waals surface area contributed by atoms with Gasteiger partial charge in [0, 0.05) is 0 Å². The third-order valence-electron chi connectivity index (χ3n) is 7.63. The van der Waals surface area contributed by atoms with E-state index in [1.807, 2.05) is 43.3 Å². The van der Waals surface area contributed by atoms with Crippen molar-refractivity contribution in [1.29, 1.82) is 0 Å². The minimum absolute atomic E-state index is 0.140. The zero-order valence-corrected chi connectivity index (χ0v) is 18.6.